The lowest BCUT2D eigenvalue weighted by Gasteiger charge is -2.10. The quantitative estimate of drug-likeness (QED) is 0.752. The monoisotopic (exact) mass is 183 g/mol. The van der Waals surface area contributed by atoms with Crippen molar-refractivity contribution in [2.45, 2.75) is 26.5 Å². The zero-order valence-electron chi connectivity index (χ0n) is 7.84. The zero-order valence-corrected chi connectivity index (χ0v) is 7.84. The van der Waals surface area contributed by atoms with Crippen LogP contribution in [0, 0.1) is 5.82 Å². The van der Waals surface area contributed by atoms with Crippen molar-refractivity contribution < 1.29 is 9.50 Å². The Balaban J connectivity index is 2.83. The Hall–Kier alpha value is -1.09. The van der Waals surface area contributed by atoms with Gasteiger partial charge in [0.1, 0.15) is 5.82 Å². The molecule has 0 atom stereocenters. The average Bonchev–Trinajstić information content (AvgIpc) is 2.03. The Labute approximate surface area is 77.4 Å². The summed E-state index contributed by atoms with van der Waals surface area (Å²) in [5, 5.41) is 11.8. The lowest BCUT2D eigenvalue weighted by molar-refractivity contribution is 0.276. The Morgan fingerprint density at radius 3 is 2.62 bits per heavy atom. The summed E-state index contributed by atoms with van der Waals surface area (Å²) < 4.78 is 13.1. The molecule has 0 fully saturated rings. The molecule has 0 aromatic heterocycles. The van der Waals surface area contributed by atoms with Crippen molar-refractivity contribution in [2.75, 3.05) is 5.32 Å². The van der Waals surface area contributed by atoms with Crippen molar-refractivity contribution in [3.05, 3.63) is 29.6 Å². The van der Waals surface area contributed by atoms with Gasteiger partial charge in [-0.1, -0.05) is 6.07 Å². The van der Waals surface area contributed by atoms with Gasteiger partial charge < -0.3 is 10.4 Å². The maximum absolute atomic E-state index is 13.1. The molecular formula is C10H14FNO. The fraction of sp³-hybridized carbons (Fsp3) is 0.400. The normalized spacial score (nSPS) is 10.5. The highest BCUT2D eigenvalue weighted by Gasteiger charge is 2.02. The van der Waals surface area contributed by atoms with Gasteiger partial charge in [-0.3, -0.25) is 0 Å². The summed E-state index contributed by atoms with van der Waals surface area (Å²) in [5.74, 6) is -0.367. The number of anilines is 1. The Bertz CT molecular complexity index is 286. The van der Waals surface area contributed by atoms with Crippen molar-refractivity contribution in [2.24, 2.45) is 0 Å². The van der Waals surface area contributed by atoms with Crippen LogP contribution in [0.4, 0.5) is 10.1 Å². The number of rotatable bonds is 3. The molecule has 1 aromatic rings. The second kappa shape index (κ2) is 4.23. The molecule has 3 heteroatoms. The van der Waals surface area contributed by atoms with E-state index in [9.17, 15) is 4.39 Å². The molecular weight excluding hydrogens is 169 g/mol. The molecule has 2 N–H and O–H groups in total. The van der Waals surface area contributed by atoms with Gasteiger partial charge in [0.05, 0.1) is 6.61 Å². The van der Waals surface area contributed by atoms with Crippen LogP contribution in [-0.4, -0.2) is 11.1 Å². The second-order valence-corrected chi connectivity index (χ2v) is 3.26. The predicted octanol–water partition coefficient (Wildman–Crippen LogP) is 2.14. The summed E-state index contributed by atoms with van der Waals surface area (Å²) in [4.78, 5) is 0. The van der Waals surface area contributed by atoms with E-state index in [-0.39, 0.29) is 18.5 Å². The molecule has 0 aliphatic carbocycles. The smallest absolute Gasteiger partial charge is 0.130 e. The Morgan fingerprint density at radius 1 is 1.46 bits per heavy atom. The number of halogens is 1. The van der Waals surface area contributed by atoms with Crippen LogP contribution in [0.15, 0.2) is 18.2 Å². The summed E-state index contributed by atoms with van der Waals surface area (Å²) in [6.45, 7) is 3.71. The molecule has 0 amide bonds. The van der Waals surface area contributed by atoms with Gasteiger partial charge in [-0.2, -0.15) is 0 Å². The Morgan fingerprint density at radius 2 is 2.15 bits per heavy atom. The standard InChI is InChI=1S/C10H14FNO/c1-7(2)12-9-4-3-8(6-13)10(11)5-9/h3-5,7,12-13H,6H2,1-2H3. The molecule has 0 bridgehead atoms. The van der Waals surface area contributed by atoms with Crippen molar-refractivity contribution in [1.29, 1.82) is 0 Å². The summed E-state index contributed by atoms with van der Waals surface area (Å²) in [6.07, 6.45) is 0. The zero-order chi connectivity index (χ0) is 9.84. The first-order chi connectivity index (χ1) is 6.13. The van der Waals surface area contributed by atoms with E-state index in [0.29, 0.717) is 5.56 Å². The van der Waals surface area contributed by atoms with E-state index < -0.39 is 0 Å². The van der Waals surface area contributed by atoms with Gasteiger partial charge in [0.2, 0.25) is 0 Å². The van der Waals surface area contributed by atoms with Crippen LogP contribution in [-0.2, 0) is 6.61 Å². The summed E-state index contributed by atoms with van der Waals surface area (Å²) in [7, 11) is 0. The topological polar surface area (TPSA) is 32.3 Å². The molecule has 0 heterocycles. The van der Waals surface area contributed by atoms with Crippen LogP contribution in [0.5, 0.6) is 0 Å². The maximum Gasteiger partial charge on any atom is 0.130 e. The third-order valence-corrected chi connectivity index (χ3v) is 1.68. The van der Waals surface area contributed by atoms with Crippen molar-refractivity contribution in [1.82, 2.24) is 0 Å². The van der Waals surface area contributed by atoms with Gasteiger partial charge in [0.15, 0.2) is 0 Å². The molecule has 0 aliphatic heterocycles. The van der Waals surface area contributed by atoms with Crippen LogP contribution >= 0.6 is 0 Å². The summed E-state index contributed by atoms with van der Waals surface area (Å²) >= 11 is 0. The fourth-order valence-corrected chi connectivity index (χ4v) is 1.10. The molecule has 2 nitrogen and oxygen atoms in total. The highest BCUT2D eigenvalue weighted by Crippen LogP contribution is 2.15. The minimum atomic E-state index is -0.367. The molecule has 0 aliphatic rings. The lowest BCUT2D eigenvalue weighted by atomic mass is 10.2. The van der Waals surface area contributed by atoms with Gasteiger partial charge >= 0.3 is 0 Å². The van der Waals surface area contributed by atoms with Gasteiger partial charge in [-0.05, 0) is 26.0 Å². The summed E-state index contributed by atoms with van der Waals surface area (Å²) in [6, 6.07) is 5.01. The van der Waals surface area contributed by atoms with E-state index in [0.717, 1.165) is 5.69 Å². The van der Waals surface area contributed by atoms with Crippen molar-refractivity contribution in [3.63, 3.8) is 0 Å². The molecule has 0 saturated carbocycles. The van der Waals surface area contributed by atoms with E-state index in [1.807, 2.05) is 13.8 Å². The molecule has 13 heavy (non-hydrogen) atoms. The molecule has 72 valence electrons. The van der Waals surface area contributed by atoms with Gasteiger partial charge in [-0.25, -0.2) is 4.39 Å². The lowest BCUT2D eigenvalue weighted by Crippen LogP contribution is -2.09. The van der Waals surface area contributed by atoms with E-state index in [2.05, 4.69) is 5.32 Å². The van der Waals surface area contributed by atoms with Crippen LogP contribution in [0.25, 0.3) is 0 Å². The molecule has 0 unspecified atom stereocenters. The first kappa shape index (κ1) is 9.99. The van der Waals surface area contributed by atoms with E-state index in [1.54, 1.807) is 12.1 Å². The number of hydrogen-bond acceptors (Lipinski definition) is 2. The molecule has 0 saturated heterocycles. The number of hydrogen-bond donors (Lipinski definition) is 2. The second-order valence-electron chi connectivity index (χ2n) is 3.26. The first-order valence-electron chi connectivity index (χ1n) is 4.29. The van der Waals surface area contributed by atoms with E-state index in [1.165, 1.54) is 6.07 Å². The van der Waals surface area contributed by atoms with Gasteiger partial charge in [0.25, 0.3) is 0 Å². The van der Waals surface area contributed by atoms with E-state index >= 15 is 0 Å². The molecule has 1 rings (SSSR count). The van der Waals surface area contributed by atoms with Crippen LogP contribution in [0.2, 0.25) is 0 Å². The van der Waals surface area contributed by atoms with Gasteiger partial charge in [-0.15, -0.1) is 0 Å². The summed E-state index contributed by atoms with van der Waals surface area (Å²) in [5.41, 5.74) is 1.07. The van der Waals surface area contributed by atoms with E-state index in [4.69, 9.17) is 5.11 Å². The molecule has 1 aromatic carbocycles. The van der Waals surface area contributed by atoms with Crippen LogP contribution < -0.4 is 5.32 Å². The maximum atomic E-state index is 13.1. The average molecular weight is 183 g/mol. The third kappa shape index (κ3) is 2.70. The van der Waals surface area contributed by atoms with Crippen molar-refractivity contribution >= 4 is 5.69 Å². The first-order valence-corrected chi connectivity index (χ1v) is 4.29. The van der Waals surface area contributed by atoms with Crippen molar-refractivity contribution in [3.8, 4) is 0 Å². The van der Waals surface area contributed by atoms with Crippen LogP contribution in [0.1, 0.15) is 19.4 Å². The number of benzene rings is 1. The largest absolute Gasteiger partial charge is 0.392 e. The number of aliphatic hydroxyl groups is 1. The SMILES string of the molecule is CC(C)Nc1ccc(CO)c(F)c1. The van der Waals surface area contributed by atoms with Crippen LogP contribution in [0.3, 0.4) is 0 Å². The van der Waals surface area contributed by atoms with Gasteiger partial charge in [0, 0.05) is 17.3 Å². The molecule has 0 radical (unpaired) electrons. The number of aliphatic hydroxyl groups excluding tert-OH is 1. The Kier molecular flexibility index (Phi) is 3.25. The minimum Gasteiger partial charge on any atom is -0.392 e. The predicted molar refractivity (Wildman–Crippen MR) is 51.1 cm³/mol. The fourth-order valence-electron chi connectivity index (χ4n) is 1.10. The minimum absolute atomic E-state index is 0.256. The number of nitrogens with one attached hydrogen (secondary N) is 1. The third-order valence-electron chi connectivity index (χ3n) is 1.68. The highest BCUT2D eigenvalue weighted by molar-refractivity contribution is 5.45. The molecule has 0 spiro atoms. The highest BCUT2D eigenvalue weighted by atomic mass is 19.1.